The van der Waals surface area contributed by atoms with Gasteiger partial charge in [-0.2, -0.15) is 0 Å². The smallest absolute Gasteiger partial charge is 0.0826 e. The van der Waals surface area contributed by atoms with Crippen LogP contribution in [-0.4, -0.2) is 17.9 Å². The highest BCUT2D eigenvalue weighted by Crippen LogP contribution is 1.73. The van der Waals surface area contributed by atoms with Gasteiger partial charge in [0.05, 0.1) is 6.61 Å². The van der Waals surface area contributed by atoms with Gasteiger partial charge < -0.3 is 16.2 Å². The van der Waals surface area contributed by atoms with Gasteiger partial charge in [0.2, 0.25) is 0 Å². The highest BCUT2D eigenvalue weighted by atomic mass is 16.3. The Morgan fingerprint density at radius 1 is 1.86 bits per heavy atom. The third-order valence-corrected chi connectivity index (χ3v) is 0.480. The molecule has 0 unspecified atom stereocenters. The van der Waals surface area contributed by atoms with Crippen LogP contribution in [0.3, 0.4) is 0 Å². The normalized spacial score (nSPS) is 11.3. The van der Waals surface area contributed by atoms with Crippen molar-refractivity contribution in [3.8, 4) is 0 Å². The Morgan fingerprint density at radius 2 is 2.43 bits per heavy atom. The van der Waals surface area contributed by atoms with Crippen molar-refractivity contribution in [2.45, 2.75) is 0 Å². The SMILES string of the molecule is N=C/C=C(\N)CO. The van der Waals surface area contributed by atoms with Gasteiger partial charge in [0.1, 0.15) is 0 Å². The second kappa shape index (κ2) is 3.36. The molecule has 0 aromatic heterocycles. The lowest BCUT2D eigenvalue weighted by Crippen LogP contribution is -2.01. The van der Waals surface area contributed by atoms with Crippen molar-refractivity contribution in [3.63, 3.8) is 0 Å². The van der Waals surface area contributed by atoms with Crippen molar-refractivity contribution in [1.82, 2.24) is 0 Å². The molecule has 40 valence electrons. The first kappa shape index (κ1) is 6.17. The Hall–Kier alpha value is -0.830. The maximum absolute atomic E-state index is 8.17. The van der Waals surface area contributed by atoms with Crippen molar-refractivity contribution >= 4 is 6.21 Å². The van der Waals surface area contributed by atoms with Crippen LogP contribution in [-0.2, 0) is 0 Å². The summed E-state index contributed by atoms with van der Waals surface area (Å²) in [6.45, 7) is -0.171. The third-order valence-electron chi connectivity index (χ3n) is 0.480. The Labute approximate surface area is 42.0 Å². The van der Waals surface area contributed by atoms with Crippen LogP contribution >= 0.6 is 0 Å². The summed E-state index contributed by atoms with van der Waals surface area (Å²) in [7, 11) is 0. The fourth-order valence-electron chi connectivity index (χ4n) is 0.160. The predicted octanol–water partition coefficient (Wildman–Crippen LogP) is -0.529. The number of hydrogen-bond donors (Lipinski definition) is 3. The number of aliphatic hydroxyl groups excluding tert-OH is 1. The molecule has 0 heterocycles. The van der Waals surface area contributed by atoms with Crippen LogP contribution < -0.4 is 5.73 Å². The summed E-state index contributed by atoms with van der Waals surface area (Å²) < 4.78 is 0. The minimum absolute atomic E-state index is 0.171. The fraction of sp³-hybridized carbons (Fsp3) is 0.250. The number of aliphatic hydroxyl groups is 1. The van der Waals surface area contributed by atoms with E-state index in [1.165, 1.54) is 6.08 Å². The first-order chi connectivity index (χ1) is 3.31. The van der Waals surface area contributed by atoms with Gasteiger partial charge in [-0.3, -0.25) is 0 Å². The molecule has 0 atom stereocenters. The van der Waals surface area contributed by atoms with Crippen LogP contribution in [0.4, 0.5) is 0 Å². The van der Waals surface area contributed by atoms with Crippen LogP contribution in [0.25, 0.3) is 0 Å². The zero-order valence-electron chi connectivity index (χ0n) is 3.89. The van der Waals surface area contributed by atoms with E-state index >= 15 is 0 Å². The molecule has 0 aliphatic rings. The van der Waals surface area contributed by atoms with Gasteiger partial charge in [0.25, 0.3) is 0 Å². The predicted molar refractivity (Wildman–Crippen MR) is 28.1 cm³/mol. The van der Waals surface area contributed by atoms with E-state index < -0.39 is 0 Å². The summed E-state index contributed by atoms with van der Waals surface area (Å²) in [6, 6.07) is 0. The number of hydrogen-bond acceptors (Lipinski definition) is 3. The van der Waals surface area contributed by atoms with Crippen LogP contribution in [0.15, 0.2) is 11.8 Å². The number of rotatable bonds is 2. The maximum atomic E-state index is 8.17. The van der Waals surface area contributed by atoms with Crippen LogP contribution in [0.5, 0.6) is 0 Å². The lowest BCUT2D eigenvalue weighted by molar-refractivity contribution is 0.330. The Balaban J connectivity index is 3.49. The molecular weight excluding hydrogens is 92.1 g/mol. The summed E-state index contributed by atoms with van der Waals surface area (Å²) >= 11 is 0. The van der Waals surface area contributed by atoms with E-state index in [2.05, 4.69) is 0 Å². The van der Waals surface area contributed by atoms with Crippen molar-refractivity contribution in [2.75, 3.05) is 6.61 Å². The number of nitrogens with one attached hydrogen (secondary N) is 1. The van der Waals surface area contributed by atoms with Gasteiger partial charge in [-0.1, -0.05) is 0 Å². The lowest BCUT2D eigenvalue weighted by atomic mass is 10.4. The van der Waals surface area contributed by atoms with Gasteiger partial charge in [0, 0.05) is 11.9 Å². The molecule has 0 saturated carbocycles. The molecule has 7 heavy (non-hydrogen) atoms. The van der Waals surface area contributed by atoms with Gasteiger partial charge in [-0.15, -0.1) is 0 Å². The van der Waals surface area contributed by atoms with Crippen molar-refractivity contribution in [3.05, 3.63) is 11.8 Å². The van der Waals surface area contributed by atoms with E-state index in [-0.39, 0.29) is 6.61 Å². The number of nitrogens with two attached hydrogens (primary N) is 1. The zero-order valence-corrected chi connectivity index (χ0v) is 3.89. The summed E-state index contributed by atoms with van der Waals surface area (Å²) in [5.74, 6) is 0. The summed E-state index contributed by atoms with van der Waals surface area (Å²) in [5.41, 5.74) is 5.36. The van der Waals surface area contributed by atoms with E-state index in [1.807, 2.05) is 0 Å². The topological polar surface area (TPSA) is 70.1 Å². The lowest BCUT2D eigenvalue weighted by Gasteiger charge is -1.86. The molecule has 0 aromatic rings. The quantitative estimate of drug-likeness (QED) is 0.408. The van der Waals surface area contributed by atoms with Crippen molar-refractivity contribution < 1.29 is 5.11 Å². The summed E-state index contributed by atoms with van der Waals surface area (Å²) in [4.78, 5) is 0. The van der Waals surface area contributed by atoms with Gasteiger partial charge in [-0.05, 0) is 6.08 Å². The first-order valence-corrected chi connectivity index (χ1v) is 1.87. The molecule has 0 saturated heterocycles. The summed E-state index contributed by atoms with van der Waals surface area (Å²) in [6.07, 6.45) is 2.37. The zero-order chi connectivity index (χ0) is 5.70. The highest BCUT2D eigenvalue weighted by molar-refractivity contribution is 5.68. The molecule has 3 nitrogen and oxygen atoms in total. The second-order valence-corrected chi connectivity index (χ2v) is 1.07. The van der Waals surface area contributed by atoms with Crippen LogP contribution in [0.2, 0.25) is 0 Å². The Bertz CT molecular complexity index is 87.7. The monoisotopic (exact) mass is 100 g/mol. The Kier molecular flexibility index (Phi) is 2.96. The molecule has 0 radical (unpaired) electrons. The van der Waals surface area contributed by atoms with Crippen molar-refractivity contribution in [1.29, 1.82) is 5.41 Å². The third kappa shape index (κ3) is 2.99. The van der Waals surface area contributed by atoms with Gasteiger partial charge in [0.15, 0.2) is 0 Å². The minimum Gasteiger partial charge on any atom is -0.400 e. The molecular formula is C4H8N2O. The maximum Gasteiger partial charge on any atom is 0.0826 e. The average molecular weight is 100 g/mol. The molecule has 3 heteroatoms. The molecule has 0 spiro atoms. The minimum atomic E-state index is -0.171. The highest BCUT2D eigenvalue weighted by Gasteiger charge is 1.77. The molecule has 0 bridgehead atoms. The fourth-order valence-corrected chi connectivity index (χ4v) is 0.160. The van der Waals surface area contributed by atoms with E-state index in [9.17, 15) is 0 Å². The standard InChI is InChI=1S/C4H8N2O/c5-2-1-4(6)3-7/h1-2,5,7H,3,6H2/b4-1-,5-2?. The van der Waals surface area contributed by atoms with E-state index in [0.717, 1.165) is 6.21 Å². The van der Waals surface area contributed by atoms with Gasteiger partial charge in [-0.25, -0.2) is 0 Å². The van der Waals surface area contributed by atoms with Gasteiger partial charge >= 0.3 is 0 Å². The Morgan fingerprint density at radius 3 is 2.57 bits per heavy atom. The van der Waals surface area contributed by atoms with E-state index in [4.69, 9.17) is 16.2 Å². The van der Waals surface area contributed by atoms with E-state index in [1.54, 1.807) is 0 Å². The van der Waals surface area contributed by atoms with Crippen molar-refractivity contribution in [2.24, 2.45) is 5.73 Å². The summed E-state index contributed by atoms with van der Waals surface area (Å²) in [5, 5.41) is 14.6. The molecule has 0 fully saturated rings. The molecule has 0 rings (SSSR count). The molecule has 4 N–H and O–H groups in total. The molecule has 0 aliphatic heterocycles. The largest absolute Gasteiger partial charge is 0.400 e. The average Bonchev–Trinajstić information content (AvgIpc) is 1.68. The molecule has 0 aromatic carbocycles. The first-order valence-electron chi connectivity index (χ1n) is 1.87. The van der Waals surface area contributed by atoms with E-state index in [0.29, 0.717) is 5.70 Å². The van der Waals surface area contributed by atoms with Crippen LogP contribution in [0.1, 0.15) is 0 Å². The molecule has 0 aliphatic carbocycles. The molecule has 0 amide bonds. The van der Waals surface area contributed by atoms with Crippen LogP contribution in [0, 0.1) is 5.41 Å². The number of allylic oxidation sites excluding steroid dienone is 1. The second-order valence-electron chi connectivity index (χ2n) is 1.07.